The first kappa shape index (κ1) is 12.4. The van der Waals surface area contributed by atoms with Gasteiger partial charge in [-0.25, -0.2) is 0 Å². The van der Waals surface area contributed by atoms with E-state index in [0.717, 1.165) is 38.6 Å². The third-order valence-corrected chi connectivity index (χ3v) is 3.98. The van der Waals surface area contributed by atoms with Crippen molar-refractivity contribution in [1.82, 2.24) is 15.0 Å². The van der Waals surface area contributed by atoms with Crippen LogP contribution in [0.5, 0.6) is 0 Å². The summed E-state index contributed by atoms with van der Waals surface area (Å²) in [5, 5.41) is 3.83. The Hall–Kier alpha value is -1.65. The van der Waals surface area contributed by atoms with Crippen LogP contribution in [0.25, 0.3) is 0 Å². The Morgan fingerprint density at radius 2 is 2.32 bits per heavy atom. The van der Waals surface area contributed by atoms with E-state index in [0.29, 0.717) is 11.7 Å². The number of aromatic nitrogens is 2. The molecule has 1 saturated heterocycles. The lowest BCUT2D eigenvalue weighted by molar-refractivity contribution is -0.137. The van der Waals surface area contributed by atoms with Crippen molar-refractivity contribution in [2.24, 2.45) is 5.92 Å². The van der Waals surface area contributed by atoms with Crippen LogP contribution >= 0.6 is 0 Å². The monoisotopic (exact) mass is 261 g/mol. The van der Waals surface area contributed by atoms with Crippen LogP contribution in [-0.4, -0.2) is 27.5 Å². The maximum Gasteiger partial charge on any atom is 0.249 e. The quantitative estimate of drug-likeness (QED) is 0.767. The van der Waals surface area contributed by atoms with Gasteiger partial charge in [0.2, 0.25) is 11.8 Å². The highest BCUT2D eigenvalue weighted by molar-refractivity contribution is 5.79. The van der Waals surface area contributed by atoms with Crippen LogP contribution in [0.4, 0.5) is 0 Å². The fraction of sp³-hybridized carbons (Fsp3) is 0.643. The number of hydrogen-bond acceptors (Lipinski definition) is 4. The molecule has 0 N–H and O–H groups in total. The molecule has 1 aromatic heterocycles. The van der Waals surface area contributed by atoms with E-state index in [9.17, 15) is 4.79 Å². The van der Waals surface area contributed by atoms with Gasteiger partial charge in [-0.3, -0.25) is 4.79 Å². The largest absolute Gasteiger partial charge is 0.337 e. The number of likely N-dealkylation sites (tertiary alicyclic amines) is 1. The van der Waals surface area contributed by atoms with Crippen LogP contribution in [0, 0.1) is 12.8 Å². The lowest BCUT2D eigenvalue weighted by Gasteiger charge is -2.27. The SMILES string of the molecule is Cc1noc(C2CCCN2C(=O)C2CC=CCC2)n1. The van der Waals surface area contributed by atoms with Gasteiger partial charge in [-0.15, -0.1) is 0 Å². The molecule has 2 aliphatic rings. The summed E-state index contributed by atoms with van der Waals surface area (Å²) < 4.78 is 5.25. The van der Waals surface area contributed by atoms with Crippen LogP contribution in [0.2, 0.25) is 0 Å². The number of rotatable bonds is 2. The van der Waals surface area contributed by atoms with Gasteiger partial charge in [0.15, 0.2) is 5.82 Å². The van der Waals surface area contributed by atoms with Crippen LogP contribution in [0.15, 0.2) is 16.7 Å². The highest BCUT2D eigenvalue weighted by atomic mass is 16.5. The molecule has 1 amide bonds. The first-order chi connectivity index (χ1) is 9.25. The van der Waals surface area contributed by atoms with E-state index in [2.05, 4.69) is 22.3 Å². The average Bonchev–Trinajstić information content (AvgIpc) is 3.07. The number of hydrogen-bond donors (Lipinski definition) is 0. The maximum atomic E-state index is 12.6. The van der Waals surface area contributed by atoms with Gasteiger partial charge in [-0.05, 0) is 39.0 Å². The molecule has 3 rings (SSSR count). The fourth-order valence-corrected chi connectivity index (χ4v) is 2.99. The van der Waals surface area contributed by atoms with Crippen LogP contribution in [-0.2, 0) is 4.79 Å². The molecule has 1 aliphatic carbocycles. The lowest BCUT2D eigenvalue weighted by Crippen LogP contribution is -2.36. The average molecular weight is 261 g/mol. The number of carbonyl (C=O) groups excluding carboxylic acids is 1. The minimum Gasteiger partial charge on any atom is -0.337 e. The van der Waals surface area contributed by atoms with Gasteiger partial charge < -0.3 is 9.42 Å². The standard InChI is InChI=1S/C14H19N3O2/c1-10-15-13(19-16-10)12-8-5-9-17(12)14(18)11-6-3-2-4-7-11/h2-3,11-12H,4-9H2,1H3. The van der Waals surface area contributed by atoms with Crippen molar-refractivity contribution in [3.05, 3.63) is 23.9 Å². The summed E-state index contributed by atoms with van der Waals surface area (Å²) in [5.41, 5.74) is 0. The van der Waals surface area contributed by atoms with Gasteiger partial charge in [0.05, 0.1) is 0 Å². The van der Waals surface area contributed by atoms with Gasteiger partial charge in [0.25, 0.3) is 0 Å². The summed E-state index contributed by atoms with van der Waals surface area (Å²) in [4.78, 5) is 18.8. The molecule has 0 spiro atoms. The third-order valence-electron chi connectivity index (χ3n) is 3.98. The Morgan fingerprint density at radius 3 is 3.00 bits per heavy atom. The van der Waals surface area contributed by atoms with Crippen molar-refractivity contribution in [2.75, 3.05) is 6.54 Å². The van der Waals surface area contributed by atoms with Crippen LogP contribution < -0.4 is 0 Å². The summed E-state index contributed by atoms with van der Waals surface area (Å²) in [7, 11) is 0. The molecule has 2 unspecified atom stereocenters. The first-order valence-corrected chi connectivity index (χ1v) is 7.01. The molecule has 0 bridgehead atoms. The van der Waals surface area contributed by atoms with Crippen LogP contribution in [0.3, 0.4) is 0 Å². The molecule has 5 heteroatoms. The van der Waals surface area contributed by atoms with E-state index in [4.69, 9.17) is 4.52 Å². The number of allylic oxidation sites excluding steroid dienone is 2. The zero-order chi connectivity index (χ0) is 13.2. The molecule has 5 nitrogen and oxygen atoms in total. The van der Waals surface area contributed by atoms with E-state index in [1.807, 2.05) is 4.90 Å². The summed E-state index contributed by atoms with van der Waals surface area (Å²) in [6.07, 6.45) is 9.05. The Kier molecular flexibility index (Phi) is 3.36. The third kappa shape index (κ3) is 2.41. The molecule has 2 heterocycles. The molecule has 0 saturated carbocycles. The molecule has 1 aliphatic heterocycles. The highest BCUT2D eigenvalue weighted by Gasteiger charge is 2.36. The molecule has 2 atom stereocenters. The molecule has 102 valence electrons. The Morgan fingerprint density at radius 1 is 1.42 bits per heavy atom. The molecular formula is C14H19N3O2. The lowest BCUT2D eigenvalue weighted by atomic mass is 9.93. The van der Waals surface area contributed by atoms with Gasteiger partial charge in [-0.1, -0.05) is 17.3 Å². The minimum absolute atomic E-state index is 0.0143. The second kappa shape index (κ2) is 5.15. The summed E-state index contributed by atoms with van der Waals surface area (Å²) in [6, 6.07) is -0.0143. The number of aryl methyl sites for hydroxylation is 1. The molecule has 1 aromatic rings. The van der Waals surface area contributed by atoms with Crippen molar-refractivity contribution in [3.63, 3.8) is 0 Å². The van der Waals surface area contributed by atoms with Crippen molar-refractivity contribution < 1.29 is 9.32 Å². The number of amides is 1. The van der Waals surface area contributed by atoms with E-state index >= 15 is 0 Å². The van der Waals surface area contributed by atoms with Gasteiger partial charge in [0.1, 0.15) is 6.04 Å². The van der Waals surface area contributed by atoms with Gasteiger partial charge in [0, 0.05) is 12.5 Å². The molecule has 0 radical (unpaired) electrons. The Bertz CT molecular complexity index is 495. The van der Waals surface area contributed by atoms with Crippen molar-refractivity contribution >= 4 is 5.91 Å². The zero-order valence-corrected chi connectivity index (χ0v) is 11.2. The second-order valence-corrected chi connectivity index (χ2v) is 5.35. The number of carbonyl (C=O) groups is 1. The van der Waals surface area contributed by atoms with Crippen molar-refractivity contribution in [2.45, 2.75) is 45.1 Å². The zero-order valence-electron chi connectivity index (χ0n) is 11.2. The highest BCUT2D eigenvalue weighted by Crippen LogP contribution is 2.34. The Labute approximate surface area is 112 Å². The van der Waals surface area contributed by atoms with Crippen LogP contribution in [0.1, 0.15) is 49.9 Å². The Balaban J connectivity index is 1.75. The molecule has 1 fully saturated rings. The topological polar surface area (TPSA) is 59.2 Å². The predicted molar refractivity (Wildman–Crippen MR) is 69.2 cm³/mol. The van der Waals surface area contributed by atoms with Gasteiger partial charge in [-0.2, -0.15) is 4.98 Å². The molecular weight excluding hydrogens is 242 g/mol. The second-order valence-electron chi connectivity index (χ2n) is 5.35. The maximum absolute atomic E-state index is 12.6. The van der Waals surface area contributed by atoms with E-state index < -0.39 is 0 Å². The van der Waals surface area contributed by atoms with Gasteiger partial charge >= 0.3 is 0 Å². The molecule has 0 aromatic carbocycles. The summed E-state index contributed by atoms with van der Waals surface area (Å²) in [5.74, 6) is 1.61. The predicted octanol–water partition coefficient (Wildman–Crippen LogP) is 2.40. The van der Waals surface area contributed by atoms with E-state index in [-0.39, 0.29) is 17.9 Å². The number of nitrogens with zero attached hydrogens (tertiary/aromatic N) is 3. The summed E-state index contributed by atoms with van der Waals surface area (Å²) in [6.45, 7) is 2.62. The minimum atomic E-state index is -0.0143. The van der Waals surface area contributed by atoms with Crippen molar-refractivity contribution in [1.29, 1.82) is 0 Å². The van der Waals surface area contributed by atoms with E-state index in [1.54, 1.807) is 6.92 Å². The smallest absolute Gasteiger partial charge is 0.249 e. The summed E-state index contributed by atoms with van der Waals surface area (Å²) >= 11 is 0. The molecule has 19 heavy (non-hydrogen) atoms. The first-order valence-electron chi connectivity index (χ1n) is 7.01. The van der Waals surface area contributed by atoms with Crippen molar-refractivity contribution in [3.8, 4) is 0 Å². The van der Waals surface area contributed by atoms with E-state index in [1.165, 1.54) is 0 Å². The fourth-order valence-electron chi connectivity index (χ4n) is 2.99. The normalized spacial score (nSPS) is 26.9.